The minimum atomic E-state index is -4.24. The van der Waals surface area contributed by atoms with E-state index in [1.54, 1.807) is 59.7 Å². The third kappa shape index (κ3) is 11.7. The van der Waals surface area contributed by atoms with Gasteiger partial charge in [-0.25, -0.2) is 0 Å². The van der Waals surface area contributed by atoms with Crippen LogP contribution in [0.25, 0.3) is 11.4 Å². The van der Waals surface area contributed by atoms with E-state index >= 15 is 0 Å². The molecule has 0 saturated heterocycles. The van der Waals surface area contributed by atoms with Gasteiger partial charge in [0.25, 0.3) is 15.8 Å². The predicted octanol–water partition coefficient (Wildman–Crippen LogP) is 3.11. The number of esters is 2. The van der Waals surface area contributed by atoms with Crippen molar-refractivity contribution in [2.75, 3.05) is 26.3 Å². The Morgan fingerprint density at radius 3 is 1.96 bits per heavy atom. The fourth-order valence-corrected chi connectivity index (χ4v) is 4.79. The molecule has 0 aliphatic rings. The van der Waals surface area contributed by atoms with Crippen molar-refractivity contribution in [1.29, 1.82) is 0 Å². The summed E-state index contributed by atoms with van der Waals surface area (Å²) in [5, 5.41) is 26.2. The summed E-state index contributed by atoms with van der Waals surface area (Å²) in [6, 6.07) is 9.18. The molecule has 2 aromatic carbocycles. The highest BCUT2D eigenvalue weighted by atomic mass is 32.2. The molecule has 0 spiro atoms. The Balaban J connectivity index is 1.83. The molecule has 0 amide bonds. The van der Waals surface area contributed by atoms with Gasteiger partial charge in [-0.3, -0.25) is 28.8 Å². The second kappa shape index (κ2) is 15.1. The van der Waals surface area contributed by atoms with Crippen molar-refractivity contribution in [1.82, 2.24) is 25.3 Å². The summed E-state index contributed by atoms with van der Waals surface area (Å²) in [5.41, 5.74) is -0.778. The van der Waals surface area contributed by atoms with Crippen LogP contribution in [0.2, 0.25) is 0 Å². The van der Waals surface area contributed by atoms with Crippen molar-refractivity contribution in [3.8, 4) is 17.1 Å². The first kappa shape index (κ1) is 35.9. The highest BCUT2D eigenvalue weighted by Gasteiger charge is 2.25. The van der Waals surface area contributed by atoms with Gasteiger partial charge in [0.15, 0.2) is 6.33 Å². The number of benzene rings is 2. The van der Waals surface area contributed by atoms with Crippen molar-refractivity contribution in [2.45, 2.75) is 64.2 Å². The third-order valence-corrected chi connectivity index (χ3v) is 6.92. The molecule has 0 saturated carbocycles. The molecule has 1 heterocycles. The molecule has 3 rings (SSSR count). The summed E-state index contributed by atoms with van der Waals surface area (Å²) in [7, 11) is -4.24. The molecule has 1 aromatic heterocycles. The van der Waals surface area contributed by atoms with Gasteiger partial charge in [-0.05, 0) is 59.7 Å². The summed E-state index contributed by atoms with van der Waals surface area (Å²) in [5.74, 6) is -0.681. The first-order valence-electron chi connectivity index (χ1n) is 14.0. The van der Waals surface area contributed by atoms with Crippen LogP contribution in [-0.4, -0.2) is 88.1 Å². The van der Waals surface area contributed by atoms with Crippen LogP contribution >= 0.6 is 0 Å². The number of carbonyl (C=O) groups excluding carboxylic acids is 2. The van der Waals surface area contributed by atoms with Crippen LogP contribution in [0.4, 0.5) is 5.69 Å². The number of nitro benzene ring substituents is 1. The van der Waals surface area contributed by atoms with E-state index in [9.17, 15) is 28.1 Å². The molecule has 0 unspecified atom stereocenters. The van der Waals surface area contributed by atoms with Crippen LogP contribution in [0, 0.1) is 10.1 Å². The lowest BCUT2D eigenvalue weighted by atomic mass is 10.1. The number of aromatic nitrogens is 4. The largest absolute Gasteiger partial charge is 0.491 e. The number of nitro groups is 1. The third-order valence-electron chi connectivity index (χ3n) is 5.59. The van der Waals surface area contributed by atoms with Gasteiger partial charge in [-0.1, -0.05) is 12.1 Å². The molecule has 248 valence electrons. The lowest BCUT2D eigenvalue weighted by Crippen LogP contribution is -2.39. The number of carbonyl (C=O) groups is 2. The van der Waals surface area contributed by atoms with Gasteiger partial charge < -0.3 is 14.2 Å². The topological polar surface area (TPSA) is 203 Å². The van der Waals surface area contributed by atoms with Crippen molar-refractivity contribution in [2.24, 2.45) is 0 Å². The molecular formula is C29H36N6O10S. The Kier molecular flexibility index (Phi) is 11.8. The van der Waals surface area contributed by atoms with E-state index in [-0.39, 0.29) is 48.4 Å². The number of ether oxygens (including phenoxy) is 3. The van der Waals surface area contributed by atoms with Gasteiger partial charge in [0.1, 0.15) is 30.2 Å². The van der Waals surface area contributed by atoms with Crippen molar-refractivity contribution < 1.29 is 41.3 Å². The minimum absolute atomic E-state index is 0.0300. The second-order valence-corrected chi connectivity index (χ2v) is 13.5. The van der Waals surface area contributed by atoms with Crippen LogP contribution < -0.4 is 4.74 Å². The van der Waals surface area contributed by atoms with E-state index in [0.29, 0.717) is 11.1 Å². The molecule has 46 heavy (non-hydrogen) atoms. The molecule has 0 aliphatic carbocycles. The first-order chi connectivity index (χ1) is 21.4. The Labute approximate surface area is 266 Å². The van der Waals surface area contributed by atoms with E-state index in [2.05, 4.69) is 20.4 Å². The first-order valence-corrected chi connectivity index (χ1v) is 15.4. The van der Waals surface area contributed by atoms with Gasteiger partial charge in [0.05, 0.1) is 22.9 Å². The van der Waals surface area contributed by atoms with Crippen LogP contribution in [0.1, 0.15) is 47.1 Å². The monoisotopic (exact) mass is 660 g/mol. The number of nitrogens with zero attached hydrogens (tertiary/aromatic N) is 6. The van der Waals surface area contributed by atoms with Gasteiger partial charge in [0.2, 0.25) is 5.82 Å². The predicted molar refractivity (Wildman–Crippen MR) is 162 cm³/mol. The maximum atomic E-state index is 12.7. The minimum Gasteiger partial charge on any atom is -0.491 e. The fourth-order valence-electron chi connectivity index (χ4n) is 3.90. The Hall–Kier alpha value is -4.61. The molecule has 3 aromatic rings. The van der Waals surface area contributed by atoms with Crippen molar-refractivity contribution in [3.05, 3.63) is 64.5 Å². The van der Waals surface area contributed by atoms with E-state index in [1.807, 2.05) is 0 Å². The number of non-ortho nitro benzene ring substituents is 1. The van der Waals surface area contributed by atoms with Gasteiger partial charge in [-0.15, -0.1) is 20.4 Å². The van der Waals surface area contributed by atoms with E-state index in [1.165, 1.54) is 11.2 Å². The summed E-state index contributed by atoms with van der Waals surface area (Å²) < 4.78 is 47.1. The van der Waals surface area contributed by atoms with Crippen LogP contribution in [0.3, 0.4) is 0 Å². The summed E-state index contributed by atoms with van der Waals surface area (Å²) in [6.45, 7) is 9.26. The van der Waals surface area contributed by atoms with E-state index < -0.39 is 44.8 Å². The zero-order valence-corrected chi connectivity index (χ0v) is 27.1. The summed E-state index contributed by atoms with van der Waals surface area (Å²) in [4.78, 5) is 37.0. The maximum Gasteiger partial charge on any atom is 0.320 e. The van der Waals surface area contributed by atoms with Crippen molar-refractivity contribution >= 4 is 27.7 Å². The average Bonchev–Trinajstić information content (AvgIpc) is 2.94. The molecule has 0 radical (unpaired) electrons. The molecule has 17 heteroatoms. The zero-order valence-electron chi connectivity index (χ0n) is 26.3. The molecule has 0 atom stereocenters. The normalized spacial score (nSPS) is 12.1. The van der Waals surface area contributed by atoms with E-state index in [0.717, 1.165) is 24.3 Å². The number of hydrogen-bond acceptors (Lipinski definition) is 15. The number of rotatable bonds is 14. The maximum absolute atomic E-state index is 12.7. The highest BCUT2D eigenvalue weighted by Crippen LogP contribution is 2.27. The van der Waals surface area contributed by atoms with Crippen LogP contribution in [-0.2, 0) is 39.9 Å². The van der Waals surface area contributed by atoms with Crippen LogP contribution in [0.15, 0.2) is 53.7 Å². The Bertz CT molecular complexity index is 1590. The van der Waals surface area contributed by atoms with Crippen LogP contribution in [0.5, 0.6) is 5.75 Å². The van der Waals surface area contributed by atoms with Gasteiger partial charge in [-0.2, -0.15) is 8.42 Å². The fraction of sp³-hybridized carbons (Fsp3) is 0.448. The molecule has 0 aliphatic heterocycles. The van der Waals surface area contributed by atoms with Gasteiger partial charge >= 0.3 is 11.9 Å². The molecule has 0 bridgehead atoms. The highest BCUT2D eigenvalue weighted by molar-refractivity contribution is 7.86. The van der Waals surface area contributed by atoms with Gasteiger partial charge in [0, 0.05) is 29.8 Å². The Morgan fingerprint density at radius 2 is 1.43 bits per heavy atom. The lowest BCUT2D eigenvalue weighted by Gasteiger charge is -2.27. The summed E-state index contributed by atoms with van der Waals surface area (Å²) >= 11 is 0. The lowest BCUT2D eigenvalue weighted by molar-refractivity contribution is -0.384. The second-order valence-electron chi connectivity index (χ2n) is 11.9. The molecule has 0 N–H and O–H groups in total. The zero-order chi connectivity index (χ0) is 34.1. The average molecular weight is 661 g/mol. The molecule has 16 nitrogen and oxygen atoms in total. The number of hydrogen-bond donors (Lipinski definition) is 0. The standard InChI is InChI=1S/C29H36N6O10S/c1-28(2,3)44-25(36)17-34(18-26(37)45-29(4,5)6)16-21-8-7-20(27-32-30-19-31-33-27)15-24(21)42-13-14-43-46(40,41)23-11-9-22(10-12-23)35(38)39/h7-12,15,19H,13-14,16-18H2,1-6H3. The van der Waals surface area contributed by atoms with Crippen molar-refractivity contribution in [3.63, 3.8) is 0 Å². The van der Waals surface area contributed by atoms with E-state index in [4.69, 9.17) is 18.4 Å². The Morgan fingerprint density at radius 1 is 0.870 bits per heavy atom. The SMILES string of the molecule is CC(C)(C)OC(=O)CN(CC(=O)OC(C)(C)C)Cc1ccc(-c2nncnn2)cc1OCCOS(=O)(=O)c1ccc([N+](=O)[O-])cc1. The quantitative estimate of drug-likeness (QED) is 0.0801. The smallest absolute Gasteiger partial charge is 0.320 e. The summed E-state index contributed by atoms with van der Waals surface area (Å²) in [6.07, 6.45) is 1.17. The molecular weight excluding hydrogens is 624 g/mol. The molecule has 0 fully saturated rings.